The first kappa shape index (κ1) is 14.7. The summed E-state index contributed by atoms with van der Waals surface area (Å²) in [5, 5.41) is 14.0. The predicted octanol–water partition coefficient (Wildman–Crippen LogP) is 2.62. The van der Waals surface area contributed by atoms with E-state index in [-0.39, 0.29) is 18.0 Å². The third-order valence-electron chi connectivity index (χ3n) is 2.90. The van der Waals surface area contributed by atoms with Crippen LogP contribution in [0.5, 0.6) is 5.75 Å². The minimum atomic E-state index is -0.444. The molecule has 0 amide bonds. The smallest absolute Gasteiger partial charge is 0.313 e. The van der Waals surface area contributed by atoms with Crippen molar-refractivity contribution in [3.8, 4) is 5.75 Å². The second-order valence-electron chi connectivity index (χ2n) is 4.53. The number of ether oxygens (including phenoxy) is 1. The van der Waals surface area contributed by atoms with Gasteiger partial charge in [0.05, 0.1) is 4.92 Å². The van der Waals surface area contributed by atoms with Crippen molar-refractivity contribution in [2.24, 2.45) is 0 Å². The molecule has 2 rings (SSSR count). The van der Waals surface area contributed by atoms with Crippen molar-refractivity contribution in [3.63, 3.8) is 0 Å². The maximum absolute atomic E-state index is 11.1. The average molecular weight is 288 g/mol. The first-order valence-corrected chi connectivity index (χ1v) is 6.40. The molecular formula is C14H16N4O3. The van der Waals surface area contributed by atoms with Gasteiger partial charge in [-0.1, -0.05) is 12.1 Å². The van der Waals surface area contributed by atoms with Gasteiger partial charge in [0.2, 0.25) is 0 Å². The van der Waals surface area contributed by atoms with E-state index < -0.39 is 4.92 Å². The monoisotopic (exact) mass is 288 g/mol. The molecule has 0 saturated carbocycles. The number of nitro benzene ring substituents is 1. The summed E-state index contributed by atoms with van der Waals surface area (Å²) in [6, 6.07) is 6.76. The lowest BCUT2D eigenvalue weighted by Crippen LogP contribution is -2.06. The summed E-state index contributed by atoms with van der Waals surface area (Å²) in [7, 11) is 1.76. The highest BCUT2D eigenvalue weighted by Gasteiger charge is 2.18. The lowest BCUT2D eigenvalue weighted by atomic mass is 10.2. The molecule has 0 saturated heterocycles. The van der Waals surface area contributed by atoms with E-state index in [1.165, 1.54) is 0 Å². The summed E-state index contributed by atoms with van der Waals surface area (Å²) in [6.45, 7) is 3.59. The lowest BCUT2D eigenvalue weighted by Gasteiger charge is -2.09. The van der Waals surface area contributed by atoms with Crippen molar-refractivity contribution in [2.75, 3.05) is 12.4 Å². The van der Waals surface area contributed by atoms with E-state index in [4.69, 9.17) is 4.74 Å². The van der Waals surface area contributed by atoms with Crippen LogP contribution in [0.3, 0.4) is 0 Å². The van der Waals surface area contributed by atoms with Crippen LogP contribution in [-0.4, -0.2) is 21.9 Å². The zero-order valence-electron chi connectivity index (χ0n) is 12.1. The van der Waals surface area contributed by atoms with E-state index in [0.717, 1.165) is 5.69 Å². The normalized spacial score (nSPS) is 10.2. The first-order valence-electron chi connectivity index (χ1n) is 6.40. The summed E-state index contributed by atoms with van der Waals surface area (Å²) in [5.74, 6) is 1.37. The fraction of sp³-hybridized carbons (Fsp3) is 0.286. The van der Waals surface area contributed by atoms with Gasteiger partial charge in [0, 0.05) is 24.4 Å². The Morgan fingerprint density at radius 1 is 1.33 bits per heavy atom. The zero-order chi connectivity index (χ0) is 15.4. The van der Waals surface area contributed by atoms with Crippen LogP contribution in [0, 0.1) is 24.0 Å². The highest BCUT2D eigenvalue weighted by Crippen LogP contribution is 2.30. The van der Waals surface area contributed by atoms with Crippen LogP contribution in [0.4, 0.5) is 11.5 Å². The quantitative estimate of drug-likeness (QED) is 0.672. The number of para-hydroxylation sites is 1. The number of nitro groups is 1. The van der Waals surface area contributed by atoms with E-state index in [1.807, 2.05) is 6.92 Å². The zero-order valence-corrected chi connectivity index (χ0v) is 12.1. The number of nitrogens with one attached hydrogen (secondary N) is 1. The molecule has 7 nitrogen and oxygen atoms in total. The molecule has 1 aromatic heterocycles. The average Bonchev–Trinajstić information content (AvgIpc) is 2.44. The highest BCUT2D eigenvalue weighted by molar-refractivity contribution is 5.52. The second-order valence-corrected chi connectivity index (χ2v) is 4.53. The van der Waals surface area contributed by atoms with Crippen LogP contribution in [0.25, 0.3) is 0 Å². The Labute approximate surface area is 122 Å². The number of aromatic nitrogens is 2. The van der Waals surface area contributed by atoms with Gasteiger partial charge in [0.15, 0.2) is 11.6 Å². The molecule has 0 atom stereocenters. The maximum atomic E-state index is 11.1. The minimum absolute atomic E-state index is 0.0287. The lowest BCUT2D eigenvalue weighted by molar-refractivity contribution is -0.386. The standard InChI is InChI=1S/C14H16N4O3/c1-9-5-4-6-11(14(9)18(19)20)21-8-13-16-10(2)7-12(15-3)17-13/h4-7H,8H2,1-3H3,(H,15,16,17). The fourth-order valence-corrected chi connectivity index (χ4v) is 1.95. The molecule has 0 radical (unpaired) electrons. The fourth-order valence-electron chi connectivity index (χ4n) is 1.95. The molecule has 7 heteroatoms. The Morgan fingerprint density at radius 3 is 2.76 bits per heavy atom. The first-order chi connectivity index (χ1) is 10.0. The molecule has 0 aliphatic carbocycles. The molecule has 110 valence electrons. The number of rotatable bonds is 5. The van der Waals surface area contributed by atoms with E-state index in [9.17, 15) is 10.1 Å². The number of hydrogen-bond acceptors (Lipinski definition) is 6. The van der Waals surface area contributed by atoms with Crippen LogP contribution in [0.1, 0.15) is 17.1 Å². The largest absolute Gasteiger partial charge is 0.479 e. The van der Waals surface area contributed by atoms with Crippen LogP contribution < -0.4 is 10.1 Å². The van der Waals surface area contributed by atoms with E-state index in [0.29, 0.717) is 17.2 Å². The molecule has 2 aromatic rings. The van der Waals surface area contributed by atoms with Gasteiger partial charge < -0.3 is 10.1 Å². The molecule has 21 heavy (non-hydrogen) atoms. The third kappa shape index (κ3) is 3.44. The number of benzene rings is 1. The third-order valence-corrected chi connectivity index (χ3v) is 2.90. The maximum Gasteiger partial charge on any atom is 0.313 e. The van der Waals surface area contributed by atoms with Gasteiger partial charge in [-0.05, 0) is 19.9 Å². The Hall–Kier alpha value is -2.70. The van der Waals surface area contributed by atoms with Gasteiger partial charge in [-0.2, -0.15) is 0 Å². The van der Waals surface area contributed by atoms with Gasteiger partial charge in [-0.25, -0.2) is 9.97 Å². The molecule has 1 aromatic carbocycles. The number of nitrogens with zero attached hydrogens (tertiary/aromatic N) is 3. The summed E-state index contributed by atoms with van der Waals surface area (Å²) in [6.07, 6.45) is 0. The van der Waals surface area contributed by atoms with Crippen molar-refractivity contribution in [2.45, 2.75) is 20.5 Å². The summed E-state index contributed by atoms with van der Waals surface area (Å²) < 4.78 is 5.53. The van der Waals surface area contributed by atoms with E-state index in [1.54, 1.807) is 38.2 Å². The minimum Gasteiger partial charge on any atom is -0.479 e. The van der Waals surface area contributed by atoms with Gasteiger partial charge in [0.25, 0.3) is 0 Å². The van der Waals surface area contributed by atoms with Crippen molar-refractivity contribution in [3.05, 3.63) is 51.5 Å². The van der Waals surface area contributed by atoms with Crippen LogP contribution >= 0.6 is 0 Å². The Kier molecular flexibility index (Phi) is 4.32. The van der Waals surface area contributed by atoms with Crippen LogP contribution in [0.15, 0.2) is 24.3 Å². The Balaban J connectivity index is 2.23. The van der Waals surface area contributed by atoms with Gasteiger partial charge in [-0.15, -0.1) is 0 Å². The van der Waals surface area contributed by atoms with E-state index >= 15 is 0 Å². The summed E-state index contributed by atoms with van der Waals surface area (Å²) in [5.41, 5.74) is 1.32. The Morgan fingerprint density at radius 2 is 2.10 bits per heavy atom. The van der Waals surface area contributed by atoms with Gasteiger partial charge in [-0.3, -0.25) is 10.1 Å². The molecule has 0 aliphatic heterocycles. The van der Waals surface area contributed by atoms with Crippen molar-refractivity contribution < 1.29 is 9.66 Å². The van der Waals surface area contributed by atoms with Crippen molar-refractivity contribution in [1.29, 1.82) is 0 Å². The molecular weight excluding hydrogens is 272 g/mol. The molecule has 0 spiro atoms. The molecule has 1 heterocycles. The SMILES string of the molecule is CNc1cc(C)nc(COc2cccc(C)c2[N+](=O)[O-])n1. The van der Waals surface area contributed by atoms with Crippen LogP contribution in [0.2, 0.25) is 0 Å². The van der Waals surface area contributed by atoms with Crippen molar-refractivity contribution >= 4 is 11.5 Å². The molecule has 0 fully saturated rings. The summed E-state index contributed by atoms with van der Waals surface area (Å²) in [4.78, 5) is 19.1. The number of anilines is 1. The van der Waals surface area contributed by atoms with Crippen LogP contribution in [-0.2, 0) is 6.61 Å². The summed E-state index contributed by atoms with van der Waals surface area (Å²) >= 11 is 0. The number of aryl methyl sites for hydroxylation is 2. The predicted molar refractivity (Wildman–Crippen MR) is 78.5 cm³/mol. The van der Waals surface area contributed by atoms with Gasteiger partial charge in [0.1, 0.15) is 12.4 Å². The second kappa shape index (κ2) is 6.17. The number of hydrogen-bond donors (Lipinski definition) is 1. The van der Waals surface area contributed by atoms with E-state index in [2.05, 4.69) is 15.3 Å². The molecule has 0 aliphatic rings. The molecule has 0 bridgehead atoms. The Bertz CT molecular complexity index is 673. The van der Waals surface area contributed by atoms with Gasteiger partial charge >= 0.3 is 5.69 Å². The highest BCUT2D eigenvalue weighted by atomic mass is 16.6. The molecule has 1 N–H and O–H groups in total. The molecule has 0 unspecified atom stereocenters. The van der Waals surface area contributed by atoms with Crippen molar-refractivity contribution in [1.82, 2.24) is 9.97 Å². The topological polar surface area (TPSA) is 90.2 Å².